The molecular formula is C29H33BrO3Si. The first-order chi connectivity index (χ1) is 16.3. The zero-order valence-corrected chi connectivity index (χ0v) is 23.2. The molecule has 0 saturated carbocycles. The fraction of sp³-hybridized carbons (Fsp3) is 0.310. The first-order valence-corrected chi connectivity index (χ1v) is 14.5. The summed E-state index contributed by atoms with van der Waals surface area (Å²) in [6, 6.07) is 25.7. The summed E-state index contributed by atoms with van der Waals surface area (Å²) in [6.45, 7) is 9.63. The van der Waals surface area contributed by atoms with Crippen LogP contribution in [0.4, 0.5) is 0 Å². The van der Waals surface area contributed by atoms with Gasteiger partial charge in [0.05, 0.1) is 12.5 Å². The number of methoxy groups -OCH3 is 1. The number of rotatable bonds is 8. The second kappa shape index (κ2) is 10.1. The second-order valence-corrected chi connectivity index (χ2v) is 14.7. The van der Waals surface area contributed by atoms with E-state index in [4.69, 9.17) is 13.6 Å². The van der Waals surface area contributed by atoms with Crippen LogP contribution >= 0.6 is 15.9 Å². The summed E-state index contributed by atoms with van der Waals surface area (Å²) >= 11 is 3.66. The molecule has 0 spiro atoms. The van der Waals surface area contributed by atoms with Crippen molar-refractivity contribution in [1.82, 2.24) is 0 Å². The molecule has 0 bridgehead atoms. The SMILES string of the molecule is CCc1cc(OC)c2c(CCO[Si](c3ccccc3)(c3ccccc3)C(C)(C)C)c(Br)oc2c1. The maximum Gasteiger partial charge on any atom is 0.261 e. The van der Waals surface area contributed by atoms with E-state index in [1.54, 1.807) is 7.11 Å². The van der Waals surface area contributed by atoms with Crippen LogP contribution in [0.1, 0.15) is 38.8 Å². The minimum Gasteiger partial charge on any atom is -0.496 e. The van der Waals surface area contributed by atoms with E-state index in [2.05, 4.69) is 116 Å². The molecule has 34 heavy (non-hydrogen) atoms. The molecule has 4 aromatic rings. The van der Waals surface area contributed by atoms with Crippen molar-refractivity contribution >= 4 is 45.6 Å². The van der Waals surface area contributed by atoms with Gasteiger partial charge in [-0.15, -0.1) is 0 Å². The minimum atomic E-state index is -2.58. The first kappa shape index (κ1) is 24.8. The smallest absolute Gasteiger partial charge is 0.261 e. The highest BCUT2D eigenvalue weighted by Crippen LogP contribution is 2.39. The Hall–Kier alpha value is -2.34. The molecule has 178 valence electrons. The molecule has 3 nitrogen and oxygen atoms in total. The van der Waals surface area contributed by atoms with Crippen LogP contribution in [0.5, 0.6) is 5.75 Å². The zero-order chi connectivity index (χ0) is 24.3. The summed E-state index contributed by atoms with van der Waals surface area (Å²) in [5, 5.41) is 3.54. The van der Waals surface area contributed by atoms with Crippen LogP contribution in [0.3, 0.4) is 0 Å². The monoisotopic (exact) mass is 536 g/mol. The van der Waals surface area contributed by atoms with Gasteiger partial charge in [0, 0.05) is 12.2 Å². The third-order valence-electron chi connectivity index (χ3n) is 6.58. The average molecular weight is 538 g/mol. The maximum absolute atomic E-state index is 7.10. The molecule has 0 aliphatic carbocycles. The van der Waals surface area contributed by atoms with Crippen LogP contribution in [-0.2, 0) is 17.3 Å². The van der Waals surface area contributed by atoms with Gasteiger partial charge in [-0.05, 0) is 61.9 Å². The third-order valence-corrected chi connectivity index (χ3v) is 12.3. The fourth-order valence-corrected chi connectivity index (χ4v) is 10.1. The van der Waals surface area contributed by atoms with Gasteiger partial charge in [0.1, 0.15) is 11.3 Å². The Kier molecular flexibility index (Phi) is 7.36. The first-order valence-electron chi connectivity index (χ1n) is 11.8. The molecule has 0 N–H and O–H groups in total. The number of benzene rings is 3. The van der Waals surface area contributed by atoms with E-state index in [1.165, 1.54) is 15.9 Å². The molecule has 5 heteroatoms. The number of fused-ring (bicyclic) bond motifs is 1. The van der Waals surface area contributed by atoms with Gasteiger partial charge in [0.15, 0.2) is 4.67 Å². The van der Waals surface area contributed by atoms with E-state index in [0.29, 0.717) is 6.61 Å². The zero-order valence-electron chi connectivity index (χ0n) is 20.7. The Morgan fingerprint density at radius 3 is 2.00 bits per heavy atom. The van der Waals surface area contributed by atoms with Gasteiger partial charge < -0.3 is 13.6 Å². The molecule has 3 aromatic carbocycles. The van der Waals surface area contributed by atoms with Crippen molar-refractivity contribution in [3.05, 3.63) is 88.6 Å². The molecular weight excluding hydrogens is 504 g/mol. The van der Waals surface area contributed by atoms with Crippen molar-refractivity contribution in [1.29, 1.82) is 0 Å². The van der Waals surface area contributed by atoms with Crippen LogP contribution in [0, 0.1) is 0 Å². The van der Waals surface area contributed by atoms with E-state index in [-0.39, 0.29) is 5.04 Å². The number of furan rings is 1. The second-order valence-electron chi connectivity index (χ2n) is 9.64. The van der Waals surface area contributed by atoms with Crippen molar-refractivity contribution < 1.29 is 13.6 Å². The summed E-state index contributed by atoms with van der Waals surface area (Å²) in [6.07, 6.45) is 1.65. The topological polar surface area (TPSA) is 31.6 Å². The summed E-state index contributed by atoms with van der Waals surface area (Å²) in [7, 11) is -0.861. The Bertz CT molecular complexity index is 1200. The lowest BCUT2D eigenvalue weighted by Gasteiger charge is -2.43. The van der Waals surface area contributed by atoms with E-state index in [0.717, 1.165) is 39.8 Å². The molecule has 0 atom stereocenters. The van der Waals surface area contributed by atoms with Crippen LogP contribution in [0.2, 0.25) is 5.04 Å². The lowest BCUT2D eigenvalue weighted by Crippen LogP contribution is -2.66. The van der Waals surface area contributed by atoms with Crippen LogP contribution in [0.15, 0.2) is 81.9 Å². The molecule has 0 radical (unpaired) electrons. The van der Waals surface area contributed by atoms with Gasteiger partial charge in [-0.2, -0.15) is 0 Å². The summed E-state index contributed by atoms with van der Waals surface area (Å²) < 4.78 is 19.7. The van der Waals surface area contributed by atoms with Crippen molar-refractivity contribution in [2.45, 2.75) is 45.6 Å². The number of hydrogen-bond donors (Lipinski definition) is 0. The Balaban J connectivity index is 1.74. The van der Waals surface area contributed by atoms with E-state index in [9.17, 15) is 0 Å². The minimum absolute atomic E-state index is 0.0564. The molecule has 0 aliphatic rings. The maximum atomic E-state index is 7.10. The van der Waals surface area contributed by atoms with Gasteiger partial charge in [0.2, 0.25) is 0 Å². The highest BCUT2D eigenvalue weighted by Gasteiger charge is 2.50. The number of aryl methyl sites for hydroxylation is 1. The molecule has 0 fully saturated rings. The standard InChI is InChI=1S/C29H33BrO3Si/c1-6-21-19-25(31-5)27-24(28(30)33-26(27)20-21)17-18-32-34(29(2,3)4,22-13-9-7-10-14-22)23-15-11-8-12-16-23/h7-16,19-20H,6,17-18H2,1-5H3. The van der Waals surface area contributed by atoms with Gasteiger partial charge in [0.25, 0.3) is 8.32 Å². The predicted molar refractivity (Wildman–Crippen MR) is 147 cm³/mol. The number of ether oxygens (including phenoxy) is 1. The van der Waals surface area contributed by atoms with Crippen LogP contribution in [-0.4, -0.2) is 22.0 Å². The van der Waals surface area contributed by atoms with Crippen LogP contribution < -0.4 is 15.1 Å². The molecule has 0 aliphatic heterocycles. The molecule has 4 rings (SSSR count). The van der Waals surface area contributed by atoms with Crippen molar-refractivity contribution in [2.75, 3.05) is 13.7 Å². The number of hydrogen-bond acceptors (Lipinski definition) is 3. The fourth-order valence-electron chi connectivity index (χ4n) is 4.93. The molecule has 0 unspecified atom stereocenters. The summed E-state index contributed by atoms with van der Waals surface area (Å²) in [5.74, 6) is 0.851. The third kappa shape index (κ3) is 4.49. The van der Waals surface area contributed by atoms with Gasteiger partial charge in [-0.1, -0.05) is 88.4 Å². The molecule has 0 saturated heterocycles. The van der Waals surface area contributed by atoms with Gasteiger partial charge in [-0.25, -0.2) is 0 Å². The normalized spacial score (nSPS) is 12.3. The molecule has 0 amide bonds. The Morgan fingerprint density at radius 2 is 1.50 bits per heavy atom. The van der Waals surface area contributed by atoms with E-state index < -0.39 is 8.32 Å². The lowest BCUT2D eigenvalue weighted by molar-refractivity contribution is 0.301. The van der Waals surface area contributed by atoms with Gasteiger partial charge in [-0.3, -0.25) is 0 Å². The highest BCUT2D eigenvalue weighted by molar-refractivity contribution is 9.10. The number of halogens is 1. The van der Waals surface area contributed by atoms with Crippen molar-refractivity contribution in [3.8, 4) is 5.75 Å². The summed E-state index contributed by atoms with van der Waals surface area (Å²) in [5.41, 5.74) is 3.14. The predicted octanol–water partition coefficient (Wildman–Crippen LogP) is 6.89. The van der Waals surface area contributed by atoms with Gasteiger partial charge >= 0.3 is 0 Å². The Labute approximate surface area is 212 Å². The lowest BCUT2D eigenvalue weighted by atomic mass is 10.1. The quantitative estimate of drug-likeness (QED) is 0.230. The Morgan fingerprint density at radius 1 is 0.912 bits per heavy atom. The van der Waals surface area contributed by atoms with Crippen molar-refractivity contribution in [2.24, 2.45) is 0 Å². The van der Waals surface area contributed by atoms with E-state index >= 15 is 0 Å². The van der Waals surface area contributed by atoms with E-state index in [1.807, 2.05) is 0 Å². The average Bonchev–Trinajstić information content (AvgIpc) is 3.16. The highest BCUT2D eigenvalue weighted by atomic mass is 79.9. The van der Waals surface area contributed by atoms with Crippen LogP contribution in [0.25, 0.3) is 11.0 Å². The largest absolute Gasteiger partial charge is 0.496 e. The molecule has 1 heterocycles. The van der Waals surface area contributed by atoms with Crippen molar-refractivity contribution in [3.63, 3.8) is 0 Å². The summed E-state index contributed by atoms with van der Waals surface area (Å²) in [4.78, 5) is 0. The molecule has 1 aromatic heterocycles.